The number of hydrogen-bond donors (Lipinski definition) is 1. The smallest absolute Gasteiger partial charge is 0.230 e. The van der Waals surface area contributed by atoms with E-state index < -0.39 is 0 Å². The lowest BCUT2D eigenvalue weighted by Gasteiger charge is -2.23. The zero-order valence-corrected chi connectivity index (χ0v) is 11.1. The maximum atomic E-state index is 5.81. The zero-order valence-electron chi connectivity index (χ0n) is 11.1. The van der Waals surface area contributed by atoms with Gasteiger partial charge in [-0.1, -0.05) is 13.8 Å². The van der Waals surface area contributed by atoms with E-state index in [1.807, 2.05) is 0 Å². The summed E-state index contributed by atoms with van der Waals surface area (Å²) in [5.74, 6) is 3.08. The summed E-state index contributed by atoms with van der Waals surface area (Å²) in [6.07, 6.45) is 5.21. The number of rotatable bonds is 5. The third kappa shape index (κ3) is 2.54. The van der Waals surface area contributed by atoms with Gasteiger partial charge in [-0.05, 0) is 31.6 Å². The van der Waals surface area contributed by atoms with E-state index in [9.17, 15) is 0 Å². The maximum absolute atomic E-state index is 5.81. The second-order valence-corrected chi connectivity index (χ2v) is 5.83. The fourth-order valence-electron chi connectivity index (χ4n) is 2.14. The van der Waals surface area contributed by atoms with Crippen LogP contribution in [0.1, 0.15) is 51.3 Å². The minimum absolute atomic E-state index is 0.288. The van der Waals surface area contributed by atoms with Crippen molar-refractivity contribution in [1.29, 1.82) is 0 Å². The molecule has 0 radical (unpaired) electrons. The Kier molecular flexibility index (Phi) is 2.84. The molecule has 2 fully saturated rings. The third-order valence-corrected chi connectivity index (χ3v) is 3.57. The SMILES string of the molecule is CC(C)c1nc(N)nc(N(CC2CC2)C2CC2)n1. The first kappa shape index (κ1) is 11.7. The largest absolute Gasteiger partial charge is 0.368 e. The summed E-state index contributed by atoms with van der Waals surface area (Å²) in [6.45, 7) is 5.26. The molecule has 0 amide bonds. The van der Waals surface area contributed by atoms with Gasteiger partial charge in [0, 0.05) is 18.5 Å². The molecule has 0 saturated heterocycles. The highest BCUT2D eigenvalue weighted by Crippen LogP contribution is 2.36. The highest BCUT2D eigenvalue weighted by Gasteiger charge is 2.35. The Morgan fingerprint density at radius 1 is 1.17 bits per heavy atom. The van der Waals surface area contributed by atoms with Gasteiger partial charge < -0.3 is 10.6 Å². The molecule has 1 heterocycles. The molecule has 0 bridgehead atoms. The zero-order chi connectivity index (χ0) is 12.7. The van der Waals surface area contributed by atoms with Crippen LogP contribution in [0.15, 0.2) is 0 Å². The minimum Gasteiger partial charge on any atom is -0.368 e. The summed E-state index contributed by atoms with van der Waals surface area (Å²) in [5, 5.41) is 0. The van der Waals surface area contributed by atoms with Crippen molar-refractivity contribution in [3.8, 4) is 0 Å². The van der Waals surface area contributed by atoms with Crippen molar-refractivity contribution in [2.45, 2.75) is 51.5 Å². The second-order valence-electron chi connectivity index (χ2n) is 5.83. The Hall–Kier alpha value is -1.39. The predicted octanol–water partition coefficient (Wildman–Crippen LogP) is 1.96. The molecule has 0 atom stereocenters. The van der Waals surface area contributed by atoms with Crippen LogP contribution in [0, 0.1) is 5.92 Å². The van der Waals surface area contributed by atoms with Crippen LogP contribution in [0.25, 0.3) is 0 Å². The standard InChI is InChI=1S/C13H21N5/c1-8(2)11-15-12(14)17-13(16-11)18(10-5-6-10)7-9-3-4-9/h8-10H,3-7H2,1-2H3,(H2,14,15,16,17). The van der Waals surface area contributed by atoms with Crippen molar-refractivity contribution in [2.24, 2.45) is 5.92 Å². The van der Waals surface area contributed by atoms with E-state index in [0.29, 0.717) is 12.0 Å². The Balaban J connectivity index is 1.87. The quantitative estimate of drug-likeness (QED) is 0.861. The van der Waals surface area contributed by atoms with Crippen LogP contribution >= 0.6 is 0 Å². The van der Waals surface area contributed by atoms with Crippen LogP contribution in [0.5, 0.6) is 0 Å². The van der Waals surface area contributed by atoms with E-state index in [1.54, 1.807) is 0 Å². The monoisotopic (exact) mass is 247 g/mol. The van der Waals surface area contributed by atoms with Gasteiger partial charge in [-0.15, -0.1) is 0 Å². The van der Waals surface area contributed by atoms with Crippen molar-refractivity contribution in [3.63, 3.8) is 0 Å². The minimum atomic E-state index is 0.288. The highest BCUT2D eigenvalue weighted by molar-refractivity contribution is 5.38. The van der Waals surface area contributed by atoms with Crippen LogP contribution < -0.4 is 10.6 Å². The summed E-state index contributed by atoms with van der Waals surface area (Å²) in [6, 6.07) is 0.632. The topological polar surface area (TPSA) is 67.9 Å². The van der Waals surface area contributed by atoms with E-state index in [4.69, 9.17) is 5.73 Å². The first-order valence-electron chi connectivity index (χ1n) is 6.91. The molecule has 2 N–H and O–H groups in total. The molecule has 2 aliphatic rings. The lowest BCUT2D eigenvalue weighted by atomic mass is 10.2. The van der Waals surface area contributed by atoms with E-state index in [0.717, 1.165) is 24.2 Å². The van der Waals surface area contributed by atoms with Crippen LogP contribution in [-0.2, 0) is 0 Å². The Labute approximate surface area is 108 Å². The molecule has 98 valence electrons. The van der Waals surface area contributed by atoms with Gasteiger partial charge in [-0.2, -0.15) is 15.0 Å². The second kappa shape index (κ2) is 4.37. The molecule has 0 aliphatic heterocycles. The predicted molar refractivity (Wildman–Crippen MR) is 71.4 cm³/mol. The molecule has 1 aromatic rings. The van der Waals surface area contributed by atoms with Gasteiger partial charge in [0.2, 0.25) is 11.9 Å². The first-order chi connectivity index (χ1) is 8.63. The Morgan fingerprint density at radius 3 is 2.44 bits per heavy atom. The average Bonchev–Trinajstić information content (AvgIpc) is 3.17. The van der Waals surface area contributed by atoms with E-state index in [1.165, 1.54) is 25.7 Å². The highest BCUT2D eigenvalue weighted by atomic mass is 15.3. The molecule has 0 aromatic carbocycles. The summed E-state index contributed by atoms with van der Waals surface area (Å²) in [4.78, 5) is 15.5. The molecule has 2 saturated carbocycles. The Morgan fingerprint density at radius 2 is 1.89 bits per heavy atom. The molecule has 3 rings (SSSR count). The van der Waals surface area contributed by atoms with Crippen molar-refractivity contribution >= 4 is 11.9 Å². The van der Waals surface area contributed by atoms with Gasteiger partial charge in [-0.3, -0.25) is 0 Å². The summed E-state index contributed by atoms with van der Waals surface area (Å²) in [7, 11) is 0. The summed E-state index contributed by atoms with van der Waals surface area (Å²) < 4.78 is 0. The number of anilines is 2. The van der Waals surface area contributed by atoms with E-state index in [-0.39, 0.29) is 5.92 Å². The first-order valence-corrected chi connectivity index (χ1v) is 6.91. The number of nitrogens with two attached hydrogens (primary N) is 1. The maximum Gasteiger partial charge on any atom is 0.230 e. The average molecular weight is 247 g/mol. The Bertz CT molecular complexity index is 437. The molecule has 0 spiro atoms. The van der Waals surface area contributed by atoms with Gasteiger partial charge >= 0.3 is 0 Å². The summed E-state index contributed by atoms with van der Waals surface area (Å²) >= 11 is 0. The number of aromatic nitrogens is 3. The van der Waals surface area contributed by atoms with Crippen molar-refractivity contribution in [1.82, 2.24) is 15.0 Å². The van der Waals surface area contributed by atoms with Gasteiger partial charge in [-0.25, -0.2) is 0 Å². The lowest BCUT2D eigenvalue weighted by Crippen LogP contribution is -2.30. The molecule has 1 aromatic heterocycles. The van der Waals surface area contributed by atoms with Crippen molar-refractivity contribution in [3.05, 3.63) is 5.82 Å². The van der Waals surface area contributed by atoms with E-state index in [2.05, 4.69) is 33.7 Å². The van der Waals surface area contributed by atoms with Crippen molar-refractivity contribution < 1.29 is 0 Å². The lowest BCUT2D eigenvalue weighted by molar-refractivity contribution is 0.679. The van der Waals surface area contributed by atoms with Crippen LogP contribution in [0.3, 0.4) is 0 Å². The molecular weight excluding hydrogens is 226 g/mol. The summed E-state index contributed by atoms with van der Waals surface area (Å²) in [5.41, 5.74) is 5.81. The van der Waals surface area contributed by atoms with Crippen molar-refractivity contribution in [2.75, 3.05) is 17.2 Å². The molecule has 2 aliphatic carbocycles. The fourth-order valence-corrected chi connectivity index (χ4v) is 2.14. The molecule has 0 unspecified atom stereocenters. The number of hydrogen-bond acceptors (Lipinski definition) is 5. The fraction of sp³-hybridized carbons (Fsp3) is 0.769. The van der Waals surface area contributed by atoms with Gasteiger partial charge in [0.25, 0.3) is 0 Å². The van der Waals surface area contributed by atoms with Gasteiger partial charge in [0.15, 0.2) is 0 Å². The van der Waals surface area contributed by atoms with Gasteiger partial charge in [0.1, 0.15) is 5.82 Å². The van der Waals surface area contributed by atoms with Gasteiger partial charge in [0.05, 0.1) is 0 Å². The molecule has 5 heteroatoms. The van der Waals surface area contributed by atoms with Crippen LogP contribution in [0.4, 0.5) is 11.9 Å². The molecule has 5 nitrogen and oxygen atoms in total. The number of nitrogen functional groups attached to an aromatic ring is 1. The van der Waals surface area contributed by atoms with Crippen LogP contribution in [-0.4, -0.2) is 27.5 Å². The number of nitrogens with zero attached hydrogens (tertiary/aromatic N) is 4. The molecule has 18 heavy (non-hydrogen) atoms. The third-order valence-electron chi connectivity index (χ3n) is 3.57. The van der Waals surface area contributed by atoms with Crippen LogP contribution in [0.2, 0.25) is 0 Å². The molecular formula is C13H21N5. The normalized spacial score (nSPS) is 19.3. The van der Waals surface area contributed by atoms with E-state index >= 15 is 0 Å².